The summed E-state index contributed by atoms with van der Waals surface area (Å²) in [6.45, 7) is 1.87. The van der Waals surface area contributed by atoms with Gasteiger partial charge in [0.1, 0.15) is 0 Å². The summed E-state index contributed by atoms with van der Waals surface area (Å²) in [6, 6.07) is 9.44. The first kappa shape index (κ1) is 8.78. The van der Waals surface area contributed by atoms with Crippen LogP contribution in [0.5, 0.6) is 0 Å². The fourth-order valence-corrected chi connectivity index (χ4v) is 0.919. The fourth-order valence-electron chi connectivity index (χ4n) is 0.919. The largest absolute Gasteiger partial charge is 0.326 e. The molecule has 1 rings (SSSR count). The Bertz CT molecular complexity index is 243. The fraction of sp³-hybridized carbons (Fsp3) is 0.200. The molecule has 0 heterocycles. The first-order valence-electron chi connectivity index (χ1n) is 3.95. The van der Waals surface area contributed by atoms with Gasteiger partial charge in [0.25, 0.3) is 0 Å². The highest BCUT2D eigenvalue weighted by atomic mass is 16.1. The van der Waals surface area contributed by atoms with Crippen LogP contribution in [-0.2, 0) is 4.79 Å². The lowest BCUT2D eigenvalue weighted by molar-refractivity contribution is -0.115. The van der Waals surface area contributed by atoms with Crippen LogP contribution in [0.15, 0.2) is 30.3 Å². The molecule has 0 saturated carbocycles. The molecule has 63 valence electrons. The normalized spacial score (nSPS) is 9.42. The number of carbonyl (C=O) groups is 1. The van der Waals surface area contributed by atoms with Crippen LogP contribution in [0.3, 0.4) is 0 Å². The number of para-hydroxylation sites is 1. The molecule has 0 bridgehead atoms. The van der Waals surface area contributed by atoms with Crippen molar-refractivity contribution < 1.29 is 4.79 Å². The van der Waals surface area contributed by atoms with Crippen molar-refractivity contribution in [1.82, 2.24) is 0 Å². The van der Waals surface area contributed by atoms with Gasteiger partial charge in [0.05, 0.1) is 0 Å². The molecule has 0 atom stereocenters. The smallest absolute Gasteiger partial charge is 0.224 e. The van der Waals surface area contributed by atoms with Crippen molar-refractivity contribution in [3.63, 3.8) is 0 Å². The zero-order valence-electron chi connectivity index (χ0n) is 7.08. The zero-order valence-corrected chi connectivity index (χ0v) is 7.08. The second-order valence-corrected chi connectivity index (χ2v) is 2.53. The topological polar surface area (TPSA) is 29.1 Å². The van der Waals surface area contributed by atoms with E-state index >= 15 is 0 Å². The Morgan fingerprint density at radius 3 is 2.67 bits per heavy atom. The Labute approximate surface area is 72.6 Å². The van der Waals surface area contributed by atoms with Crippen molar-refractivity contribution in [3.05, 3.63) is 36.8 Å². The van der Waals surface area contributed by atoms with Gasteiger partial charge in [-0.15, -0.1) is 0 Å². The molecule has 0 aliphatic heterocycles. The van der Waals surface area contributed by atoms with Crippen LogP contribution in [0, 0.1) is 6.42 Å². The van der Waals surface area contributed by atoms with Crippen molar-refractivity contribution in [1.29, 1.82) is 0 Å². The summed E-state index contributed by atoms with van der Waals surface area (Å²) in [4.78, 5) is 11.1. The summed E-state index contributed by atoms with van der Waals surface area (Å²) in [5.74, 6) is 0.0312. The molecule has 12 heavy (non-hydrogen) atoms. The molecular formula is C10H12NO. The molecule has 2 nitrogen and oxygen atoms in total. The van der Waals surface area contributed by atoms with Crippen LogP contribution >= 0.6 is 0 Å². The summed E-state index contributed by atoms with van der Waals surface area (Å²) < 4.78 is 0. The number of hydrogen-bond donors (Lipinski definition) is 1. The van der Waals surface area contributed by atoms with Crippen LogP contribution in [0.25, 0.3) is 0 Å². The predicted octanol–water partition coefficient (Wildman–Crippen LogP) is 2.24. The van der Waals surface area contributed by atoms with Gasteiger partial charge < -0.3 is 5.32 Å². The number of carbonyl (C=O) groups excluding carboxylic acids is 1. The van der Waals surface area contributed by atoms with Crippen molar-refractivity contribution in [2.45, 2.75) is 13.3 Å². The lowest BCUT2D eigenvalue weighted by Crippen LogP contribution is -2.10. The van der Waals surface area contributed by atoms with Crippen molar-refractivity contribution in [2.24, 2.45) is 0 Å². The Kier molecular flexibility index (Phi) is 3.33. The Morgan fingerprint density at radius 1 is 1.42 bits per heavy atom. The molecule has 0 fully saturated rings. The van der Waals surface area contributed by atoms with Gasteiger partial charge in [0.2, 0.25) is 5.91 Å². The molecule has 1 aromatic rings. The van der Waals surface area contributed by atoms with Gasteiger partial charge in [0.15, 0.2) is 0 Å². The molecule has 1 N–H and O–H groups in total. The molecule has 1 amide bonds. The molecule has 0 spiro atoms. The van der Waals surface area contributed by atoms with E-state index in [0.717, 1.165) is 5.69 Å². The average Bonchev–Trinajstić information content (AvgIpc) is 2.06. The number of hydrogen-bond acceptors (Lipinski definition) is 1. The number of nitrogens with one attached hydrogen (secondary N) is 1. The molecule has 0 unspecified atom stereocenters. The summed E-state index contributed by atoms with van der Waals surface area (Å²) in [5.41, 5.74) is 0.851. The van der Waals surface area contributed by atoms with Gasteiger partial charge in [-0.05, 0) is 18.6 Å². The second kappa shape index (κ2) is 4.54. The van der Waals surface area contributed by atoms with Gasteiger partial charge in [-0.3, -0.25) is 4.79 Å². The number of rotatable bonds is 3. The third kappa shape index (κ3) is 2.74. The average molecular weight is 162 g/mol. The van der Waals surface area contributed by atoms with Gasteiger partial charge in [0, 0.05) is 12.1 Å². The number of benzene rings is 1. The first-order valence-corrected chi connectivity index (χ1v) is 3.95. The second-order valence-electron chi connectivity index (χ2n) is 2.53. The Morgan fingerprint density at radius 2 is 2.08 bits per heavy atom. The van der Waals surface area contributed by atoms with Crippen LogP contribution < -0.4 is 5.32 Å². The summed E-state index contributed by atoms with van der Waals surface area (Å²) in [7, 11) is 0. The first-order chi connectivity index (χ1) is 5.83. The molecule has 0 aromatic heterocycles. The van der Waals surface area contributed by atoms with Gasteiger partial charge in [-0.2, -0.15) is 0 Å². The lowest BCUT2D eigenvalue weighted by Gasteiger charge is -2.02. The van der Waals surface area contributed by atoms with Crippen LogP contribution in [0.4, 0.5) is 5.69 Å². The minimum Gasteiger partial charge on any atom is -0.326 e. The maximum absolute atomic E-state index is 11.1. The van der Waals surface area contributed by atoms with E-state index in [1.54, 1.807) is 0 Å². The lowest BCUT2D eigenvalue weighted by atomic mass is 10.3. The van der Waals surface area contributed by atoms with Crippen molar-refractivity contribution in [3.8, 4) is 0 Å². The molecule has 1 aromatic carbocycles. The van der Waals surface area contributed by atoms with Crippen LogP contribution in [0.1, 0.15) is 13.3 Å². The van der Waals surface area contributed by atoms with E-state index in [-0.39, 0.29) is 5.91 Å². The molecule has 0 aliphatic rings. The number of anilines is 1. The highest BCUT2D eigenvalue weighted by Crippen LogP contribution is 2.05. The van der Waals surface area contributed by atoms with Crippen molar-refractivity contribution in [2.75, 3.05) is 5.32 Å². The van der Waals surface area contributed by atoms with E-state index < -0.39 is 0 Å². The van der Waals surface area contributed by atoms with E-state index in [0.29, 0.717) is 6.42 Å². The molecule has 0 saturated heterocycles. The van der Waals surface area contributed by atoms with E-state index in [2.05, 4.69) is 5.32 Å². The quantitative estimate of drug-likeness (QED) is 0.725. The van der Waals surface area contributed by atoms with E-state index in [4.69, 9.17) is 0 Å². The van der Waals surface area contributed by atoms with E-state index in [1.165, 1.54) is 0 Å². The van der Waals surface area contributed by atoms with E-state index in [1.807, 2.05) is 43.7 Å². The van der Waals surface area contributed by atoms with E-state index in [9.17, 15) is 4.79 Å². The van der Waals surface area contributed by atoms with Crippen LogP contribution in [-0.4, -0.2) is 5.91 Å². The minimum absolute atomic E-state index is 0.0312. The highest BCUT2D eigenvalue weighted by molar-refractivity contribution is 5.91. The summed E-state index contributed by atoms with van der Waals surface area (Å²) in [5, 5.41) is 2.77. The minimum atomic E-state index is 0.0312. The standard InChI is InChI=1S/C10H12NO/c1-2-6-10(12)11-9-7-4-3-5-8-9/h2-5,7-8H,6H2,1H3,(H,11,12). The Hall–Kier alpha value is -1.31. The maximum Gasteiger partial charge on any atom is 0.224 e. The maximum atomic E-state index is 11.1. The monoisotopic (exact) mass is 162 g/mol. The molecule has 2 heteroatoms. The van der Waals surface area contributed by atoms with Crippen LogP contribution in [0.2, 0.25) is 0 Å². The third-order valence-electron chi connectivity index (χ3n) is 1.45. The predicted molar refractivity (Wildman–Crippen MR) is 49.7 cm³/mol. The highest BCUT2D eigenvalue weighted by Gasteiger charge is 1.98. The molecule has 0 aliphatic carbocycles. The summed E-state index contributed by atoms with van der Waals surface area (Å²) >= 11 is 0. The molecular weight excluding hydrogens is 150 g/mol. The SMILES string of the molecule is C[CH]CC(=O)Nc1ccccc1. The Balaban J connectivity index is 2.47. The summed E-state index contributed by atoms with van der Waals surface area (Å²) in [6.07, 6.45) is 2.30. The third-order valence-corrected chi connectivity index (χ3v) is 1.45. The number of amides is 1. The van der Waals surface area contributed by atoms with Gasteiger partial charge >= 0.3 is 0 Å². The van der Waals surface area contributed by atoms with Gasteiger partial charge in [-0.25, -0.2) is 0 Å². The van der Waals surface area contributed by atoms with Crippen molar-refractivity contribution >= 4 is 11.6 Å². The zero-order chi connectivity index (χ0) is 8.81. The van der Waals surface area contributed by atoms with Gasteiger partial charge in [-0.1, -0.05) is 25.1 Å². The molecule has 1 radical (unpaired) electrons.